The molecule has 0 saturated heterocycles. The molecule has 1 N–H and O–H groups in total. The number of esters is 1. The number of rotatable bonds is 6. The topological polar surface area (TPSA) is 64.6 Å². The highest BCUT2D eigenvalue weighted by Crippen LogP contribution is 2.11. The van der Waals surface area contributed by atoms with E-state index in [1.165, 1.54) is 24.3 Å². The molecule has 2 aromatic rings. The molecule has 0 aliphatic rings. The number of hydrogen-bond donors (Lipinski definition) is 1. The third kappa shape index (κ3) is 5.78. The molecule has 0 atom stereocenters. The molecule has 0 aliphatic carbocycles. The van der Waals surface area contributed by atoms with Gasteiger partial charge in [-0.05, 0) is 48.9 Å². The van der Waals surface area contributed by atoms with Gasteiger partial charge in [-0.3, -0.25) is 4.79 Å². The van der Waals surface area contributed by atoms with Crippen molar-refractivity contribution in [2.24, 2.45) is 0 Å². The van der Waals surface area contributed by atoms with Crippen LogP contribution in [0.1, 0.15) is 5.56 Å². The van der Waals surface area contributed by atoms with Crippen LogP contribution in [0.5, 0.6) is 5.75 Å². The van der Waals surface area contributed by atoms with Crippen LogP contribution in [0.4, 0.5) is 10.1 Å². The summed E-state index contributed by atoms with van der Waals surface area (Å²) in [6, 6.07) is 12.5. The van der Waals surface area contributed by atoms with Crippen LogP contribution >= 0.6 is 0 Å². The van der Waals surface area contributed by atoms with Crippen LogP contribution in [-0.4, -0.2) is 25.1 Å². The molecule has 0 aliphatic heterocycles. The first-order valence-electron chi connectivity index (χ1n) is 6.93. The average molecular weight is 317 g/mol. The second kappa shape index (κ2) is 7.93. The van der Waals surface area contributed by atoms with Gasteiger partial charge < -0.3 is 14.8 Å². The Kier molecular flexibility index (Phi) is 5.68. The second-order valence-electron chi connectivity index (χ2n) is 4.82. The third-order valence-corrected chi connectivity index (χ3v) is 2.84. The molecule has 6 heteroatoms. The molecule has 0 saturated carbocycles. The van der Waals surface area contributed by atoms with E-state index in [1.54, 1.807) is 12.1 Å². The zero-order valence-electron chi connectivity index (χ0n) is 12.5. The van der Waals surface area contributed by atoms with Crippen LogP contribution in [0.15, 0.2) is 48.5 Å². The summed E-state index contributed by atoms with van der Waals surface area (Å²) in [4.78, 5) is 23.2. The fourth-order valence-corrected chi connectivity index (χ4v) is 1.78. The van der Waals surface area contributed by atoms with E-state index in [0.717, 1.165) is 5.56 Å². The first-order chi connectivity index (χ1) is 11.0. The van der Waals surface area contributed by atoms with Gasteiger partial charge in [0.2, 0.25) is 0 Å². The number of halogens is 1. The Morgan fingerprint density at radius 2 is 1.83 bits per heavy atom. The molecule has 0 unspecified atom stereocenters. The van der Waals surface area contributed by atoms with Crippen LogP contribution in [0.2, 0.25) is 0 Å². The van der Waals surface area contributed by atoms with Crippen molar-refractivity contribution in [1.82, 2.24) is 0 Å². The Balaban J connectivity index is 1.71. The minimum atomic E-state index is -0.686. The molecule has 0 aromatic heterocycles. The predicted molar refractivity (Wildman–Crippen MR) is 82.7 cm³/mol. The van der Waals surface area contributed by atoms with Gasteiger partial charge in [0.05, 0.1) is 0 Å². The smallest absolute Gasteiger partial charge is 0.344 e. The van der Waals surface area contributed by atoms with E-state index in [4.69, 9.17) is 9.47 Å². The molecule has 0 radical (unpaired) electrons. The van der Waals surface area contributed by atoms with Crippen LogP contribution in [0.25, 0.3) is 0 Å². The highest BCUT2D eigenvalue weighted by Gasteiger charge is 2.09. The largest absolute Gasteiger partial charge is 0.482 e. The van der Waals surface area contributed by atoms with Gasteiger partial charge in [0, 0.05) is 5.69 Å². The van der Waals surface area contributed by atoms with E-state index in [-0.39, 0.29) is 6.61 Å². The lowest BCUT2D eigenvalue weighted by atomic mass is 10.2. The van der Waals surface area contributed by atoms with Gasteiger partial charge in [-0.25, -0.2) is 9.18 Å². The predicted octanol–water partition coefficient (Wildman–Crippen LogP) is 2.69. The summed E-state index contributed by atoms with van der Waals surface area (Å²) in [5.74, 6) is -1.18. The van der Waals surface area contributed by atoms with Gasteiger partial charge in [-0.1, -0.05) is 12.1 Å². The number of ether oxygens (including phenoxy) is 2. The summed E-state index contributed by atoms with van der Waals surface area (Å²) in [5, 5.41) is 2.62. The standard InChI is InChI=1S/C17H16FNO4/c1-12-3-2-4-14(9-12)19-16(20)10-23-17(21)11-22-15-7-5-13(18)6-8-15/h2-9H,10-11H2,1H3,(H,19,20). The second-order valence-corrected chi connectivity index (χ2v) is 4.82. The lowest BCUT2D eigenvalue weighted by Gasteiger charge is -2.08. The highest BCUT2D eigenvalue weighted by molar-refractivity contribution is 5.92. The van der Waals surface area contributed by atoms with Crippen LogP contribution in [0, 0.1) is 12.7 Å². The number of benzene rings is 2. The number of carbonyl (C=O) groups excluding carboxylic acids is 2. The van der Waals surface area contributed by atoms with E-state index in [9.17, 15) is 14.0 Å². The van der Waals surface area contributed by atoms with E-state index in [1.807, 2.05) is 19.1 Å². The molecule has 5 nitrogen and oxygen atoms in total. The monoisotopic (exact) mass is 317 g/mol. The lowest BCUT2D eigenvalue weighted by Crippen LogP contribution is -2.23. The molecule has 1 amide bonds. The molecular weight excluding hydrogens is 301 g/mol. The summed E-state index contributed by atoms with van der Waals surface area (Å²) < 4.78 is 22.6. The maximum atomic E-state index is 12.7. The fourth-order valence-electron chi connectivity index (χ4n) is 1.78. The Hall–Kier alpha value is -2.89. The molecule has 0 spiro atoms. The third-order valence-electron chi connectivity index (χ3n) is 2.84. The van der Waals surface area contributed by atoms with Gasteiger partial charge in [0.1, 0.15) is 11.6 Å². The van der Waals surface area contributed by atoms with Crippen LogP contribution in [0.3, 0.4) is 0 Å². The van der Waals surface area contributed by atoms with Crippen molar-refractivity contribution in [2.45, 2.75) is 6.92 Å². The number of anilines is 1. The zero-order chi connectivity index (χ0) is 16.7. The van der Waals surface area contributed by atoms with Crippen LogP contribution < -0.4 is 10.1 Å². The Morgan fingerprint density at radius 3 is 2.52 bits per heavy atom. The summed E-state index contributed by atoms with van der Waals surface area (Å²) in [6.45, 7) is 1.14. The van der Waals surface area contributed by atoms with Gasteiger partial charge in [-0.2, -0.15) is 0 Å². The summed E-state index contributed by atoms with van der Waals surface area (Å²) in [6.07, 6.45) is 0. The summed E-state index contributed by atoms with van der Waals surface area (Å²) >= 11 is 0. The number of hydrogen-bond acceptors (Lipinski definition) is 4. The van der Waals surface area contributed by atoms with E-state index in [0.29, 0.717) is 11.4 Å². The fraction of sp³-hybridized carbons (Fsp3) is 0.176. The number of carbonyl (C=O) groups is 2. The number of amides is 1. The molecule has 120 valence electrons. The first kappa shape index (κ1) is 16.5. The minimum Gasteiger partial charge on any atom is -0.482 e. The van der Waals surface area contributed by atoms with Crippen molar-refractivity contribution < 1.29 is 23.5 Å². The van der Waals surface area contributed by atoms with Crippen molar-refractivity contribution in [3.63, 3.8) is 0 Å². The van der Waals surface area contributed by atoms with E-state index in [2.05, 4.69) is 5.32 Å². The molecule has 2 aromatic carbocycles. The Bertz CT molecular complexity index is 685. The Labute approximate surface area is 133 Å². The maximum Gasteiger partial charge on any atom is 0.344 e. The molecule has 0 heterocycles. The minimum absolute atomic E-state index is 0.340. The summed E-state index contributed by atoms with van der Waals surface area (Å²) in [7, 11) is 0. The molecule has 23 heavy (non-hydrogen) atoms. The van der Waals surface area contributed by atoms with Crippen molar-refractivity contribution in [3.05, 3.63) is 59.9 Å². The van der Waals surface area contributed by atoms with Crippen molar-refractivity contribution in [2.75, 3.05) is 18.5 Å². The van der Waals surface area contributed by atoms with Gasteiger partial charge in [0.25, 0.3) is 5.91 Å². The molecule has 2 rings (SSSR count). The first-order valence-corrected chi connectivity index (χ1v) is 6.93. The normalized spacial score (nSPS) is 10.0. The number of nitrogens with one attached hydrogen (secondary N) is 1. The van der Waals surface area contributed by atoms with Gasteiger partial charge in [0.15, 0.2) is 13.2 Å². The molecule has 0 fully saturated rings. The summed E-state index contributed by atoms with van der Waals surface area (Å²) in [5.41, 5.74) is 1.64. The van der Waals surface area contributed by atoms with Gasteiger partial charge in [-0.15, -0.1) is 0 Å². The molecule has 0 bridgehead atoms. The van der Waals surface area contributed by atoms with E-state index < -0.39 is 24.3 Å². The average Bonchev–Trinajstić information content (AvgIpc) is 2.52. The molecular formula is C17H16FNO4. The Morgan fingerprint density at radius 1 is 1.09 bits per heavy atom. The van der Waals surface area contributed by atoms with Gasteiger partial charge >= 0.3 is 5.97 Å². The quantitative estimate of drug-likeness (QED) is 0.832. The lowest BCUT2D eigenvalue weighted by molar-refractivity contribution is -0.149. The van der Waals surface area contributed by atoms with Crippen molar-refractivity contribution >= 4 is 17.6 Å². The number of aryl methyl sites for hydroxylation is 1. The van der Waals surface area contributed by atoms with E-state index >= 15 is 0 Å². The highest BCUT2D eigenvalue weighted by atomic mass is 19.1. The zero-order valence-corrected chi connectivity index (χ0v) is 12.5. The van der Waals surface area contributed by atoms with Crippen molar-refractivity contribution in [1.29, 1.82) is 0 Å². The van der Waals surface area contributed by atoms with Crippen molar-refractivity contribution in [3.8, 4) is 5.75 Å². The van der Waals surface area contributed by atoms with Crippen LogP contribution in [-0.2, 0) is 14.3 Å². The maximum absolute atomic E-state index is 12.7. The SMILES string of the molecule is Cc1cccc(NC(=O)COC(=O)COc2ccc(F)cc2)c1.